The molecule has 3 heteroatoms. The van der Waals surface area contributed by atoms with Crippen molar-refractivity contribution >= 4 is 5.97 Å². The van der Waals surface area contributed by atoms with Crippen LogP contribution < -0.4 is 5.32 Å². The Morgan fingerprint density at radius 2 is 1.65 bits per heavy atom. The fourth-order valence-corrected chi connectivity index (χ4v) is 2.07. The Balaban J connectivity index is 2.21. The summed E-state index contributed by atoms with van der Waals surface area (Å²) >= 11 is 0. The molecule has 2 aromatic carbocycles. The maximum absolute atomic E-state index is 10.6. The second-order valence-electron chi connectivity index (χ2n) is 4.45. The van der Waals surface area contributed by atoms with Gasteiger partial charge in [-0.1, -0.05) is 60.7 Å². The van der Waals surface area contributed by atoms with Crippen molar-refractivity contribution in [3.8, 4) is 11.1 Å². The number of aliphatic carboxylic acids is 1. The Bertz CT molecular complexity index is 588. The average molecular weight is 267 g/mol. The lowest BCUT2D eigenvalue weighted by Crippen LogP contribution is -2.14. The maximum atomic E-state index is 10.6. The van der Waals surface area contributed by atoms with Gasteiger partial charge in [0.05, 0.1) is 6.04 Å². The highest BCUT2D eigenvalue weighted by Gasteiger charge is 2.06. The van der Waals surface area contributed by atoms with Gasteiger partial charge in [0.25, 0.3) is 0 Å². The van der Waals surface area contributed by atoms with Crippen LogP contribution in [0.5, 0.6) is 0 Å². The molecule has 1 atom stereocenters. The quantitative estimate of drug-likeness (QED) is 0.817. The van der Waals surface area contributed by atoms with Gasteiger partial charge in [0.1, 0.15) is 0 Å². The minimum absolute atomic E-state index is 0.101. The van der Waals surface area contributed by atoms with Crippen LogP contribution in [0, 0.1) is 0 Å². The van der Waals surface area contributed by atoms with Gasteiger partial charge < -0.3 is 10.4 Å². The fourth-order valence-electron chi connectivity index (χ4n) is 2.07. The van der Waals surface area contributed by atoms with Gasteiger partial charge in [-0.15, -0.1) is 0 Å². The minimum atomic E-state index is -0.939. The lowest BCUT2D eigenvalue weighted by molar-refractivity contribution is -0.131. The molecule has 1 unspecified atom stereocenters. The van der Waals surface area contributed by atoms with Crippen LogP contribution in [0.3, 0.4) is 0 Å². The molecule has 0 bridgehead atoms. The molecule has 0 radical (unpaired) electrons. The predicted molar refractivity (Wildman–Crippen MR) is 80.5 cm³/mol. The standard InChI is InChI=1S/C17H17NO2/c1-18-16(11-12-17(19)20)15-9-7-14(8-10-15)13-5-3-2-4-6-13/h2-12,16,18H,1H3,(H,19,20)/b12-11+. The van der Waals surface area contributed by atoms with E-state index in [1.54, 1.807) is 6.08 Å². The summed E-state index contributed by atoms with van der Waals surface area (Å²) in [6, 6.07) is 18.1. The lowest BCUT2D eigenvalue weighted by atomic mass is 10.0. The monoisotopic (exact) mass is 267 g/mol. The number of nitrogens with one attached hydrogen (secondary N) is 1. The summed E-state index contributed by atoms with van der Waals surface area (Å²) in [5, 5.41) is 11.8. The first kappa shape index (κ1) is 14.0. The number of carbonyl (C=O) groups is 1. The zero-order chi connectivity index (χ0) is 14.4. The van der Waals surface area contributed by atoms with E-state index in [4.69, 9.17) is 5.11 Å². The molecule has 0 spiro atoms. The van der Waals surface area contributed by atoms with Gasteiger partial charge in [-0.05, 0) is 23.7 Å². The van der Waals surface area contributed by atoms with E-state index in [2.05, 4.69) is 17.4 Å². The van der Waals surface area contributed by atoms with E-state index >= 15 is 0 Å². The minimum Gasteiger partial charge on any atom is -0.478 e. The third-order valence-electron chi connectivity index (χ3n) is 3.12. The average Bonchev–Trinajstić information content (AvgIpc) is 2.49. The van der Waals surface area contributed by atoms with Crippen LogP contribution in [0.4, 0.5) is 0 Å². The van der Waals surface area contributed by atoms with Crippen molar-refractivity contribution in [2.75, 3.05) is 7.05 Å². The number of carboxylic acids is 1. The van der Waals surface area contributed by atoms with Crippen molar-refractivity contribution in [3.05, 3.63) is 72.3 Å². The second kappa shape index (κ2) is 6.68. The highest BCUT2D eigenvalue weighted by Crippen LogP contribution is 2.22. The van der Waals surface area contributed by atoms with E-state index in [-0.39, 0.29) is 6.04 Å². The van der Waals surface area contributed by atoms with Crippen LogP contribution in [0.15, 0.2) is 66.7 Å². The van der Waals surface area contributed by atoms with Gasteiger partial charge in [0, 0.05) is 6.08 Å². The number of carboxylic acid groups (broad SMARTS) is 1. The Hall–Kier alpha value is -2.39. The smallest absolute Gasteiger partial charge is 0.328 e. The van der Waals surface area contributed by atoms with Gasteiger partial charge >= 0.3 is 5.97 Å². The highest BCUT2D eigenvalue weighted by molar-refractivity contribution is 5.79. The molecule has 0 amide bonds. The third-order valence-corrected chi connectivity index (χ3v) is 3.12. The first-order valence-electron chi connectivity index (χ1n) is 6.44. The maximum Gasteiger partial charge on any atom is 0.328 e. The number of hydrogen-bond donors (Lipinski definition) is 2. The molecule has 0 aliphatic heterocycles. The molecule has 0 aliphatic rings. The summed E-state index contributed by atoms with van der Waals surface area (Å²) in [5.74, 6) is -0.939. The number of likely N-dealkylation sites (N-methyl/N-ethyl adjacent to an activating group) is 1. The number of rotatable bonds is 5. The SMILES string of the molecule is CNC(/C=C/C(=O)O)c1ccc(-c2ccccc2)cc1. The molecule has 0 saturated heterocycles. The lowest BCUT2D eigenvalue weighted by Gasteiger charge is -2.12. The van der Waals surface area contributed by atoms with Gasteiger partial charge in [-0.2, -0.15) is 0 Å². The molecule has 2 rings (SSSR count). The molecule has 20 heavy (non-hydrogen) atoms. The second-order valence-corrected chi connectivity index (χ2v) is 4.45. The van der Waals surface area contributed by atoms with E-state index in [9.17, 15) is 4.79 Å². The Morgan fingerprint density at radius 3 is 2.20 bits per heavy atom. The fraction of sp³-hybridized carbons (Fsp3) is 0.118. The molecule has 0 aliphatic carbocycles. The Morgan fingerprint density at radius 1 is 1.05 bits per heavy atom. The molecule has 0 heterocycles. The van der Waals surface area contributed by atoms with Crippen LogP contribution in [-0.2, 0) is 4.79 Å². The van der Waals surface area contributed by atoms with Crippen molar-refractivity contribution in [3.63, 3.8) is 0 Å². The Kier molecular flexibility index (Phi) is 4.69. The first-order valence-corrected chi connectivity index (χ1v) is 6.44. The van der Waals surface area contributed by atoms with E-state index in [1.807, 2.05) is 49.5 Å². The van der Waals surface area contributed by atoms with Crippen LogP contribution in [0.1, 0.15) is 11.6 Å². The zero-order valence-corrected chi connectivity index (χ0v) is 11.3. The van der Waals surface area contributed by atoms with Crippen molar-refractivity contribution in [1.29, 1.82) is 0 Å². The summed E-state index contributed by atoms with van der Waals surface area (Å²) in [6.45, 7) is 0. The van der Waals surface area contributed by atoms with Crippen LogP contribution in [-0.4, -0.2) is 18.1 Å². The number of benzene rings is 2. The van der Waals surface area contributed by atoms with Gasteiger partial charge in [-0.25, -0.2) is 4.79 Å². The molecule has 102 valence electrons. The highest BCUT2D eigenvalue weighted by atomic mass is 16.4. The van der Waals surface area contributed by atoms with Gasteiger partial charge in [-0.3, -0.25) is 0 Å². The van der Waals surface area contributed by atoms with E-state index < -0.39 is 5.97 Å². The summed E-state index contributed by atoms with van der Waals surface area (Å²) in [4.78, 5) is 10.6. The normalized spacial score (nSPS) is 12.4. The topological polar surface area (TPSA) is 49.3 Å². The molecule has 0 fully saturated rings. The van der Waals surface area contributed by atoms with E-state index in [0.717, 1.165) is 17.2 Å². The first-order chi connectivity index (χ1) is 9.70. The van der Waals surface area contributed by atoms with Crippen molar-refractivity contribution in [1.82, 2.24) is 5.32 Å². The van der Waals surface area contributed by atoms with Gasteiger partial charge in [0.15, 0.2) is 0 Å². The summed E-state index contributed by atoms with van der Waals surface area (Å²) in [7, 11) is 1.81. The van der Waals surface area contributed by atoms with E-state index in [1.165, 1.54) is 5.56 Å². The summed E-state index contributed by atoms with van der Waals surface area (Å²) in [5.41, 5.74) is 3.34. The molecular weight excluding hydrogens is 250 g/mol. The molecule has 2 N–H and O–H groups in total. The molecule has 3 nitrogen and oxygen atoms in total. The molecular formula is C17H17NO2. The predicted octanol–water partition coefficient (Wildman–Crippen LogP) is 3.25. The summed E-state index contributed by atoms with van der Waals surface area (Å²) in [6.07, 6.45) is 2.80. The van der Waals surface area contributed by atoms with Crippen molar-refractivity contribution < 1.29 is 9.90 Å². The molecule has 2 aromatic rings. The largest absolute Gasteiger partial charge is 0.478 e. The summed E-state index contributed by atoms with van der Waals surface area (Å²) < 4.78 is 0. The van der Waals surface area contributed by atoms with Crippen molar-refractivity contribution in [2.45, 2.75) is 6.04 Å². The van der Waals surface area contributed by atoms with Crippen LogP contribution >= 0.6 is 0 Å². The number of hydrogen-bond acceptors (Lipinski definition) is 2. The van der Waals surface area contributed by atoms with Crippen LogP contribution in [0.25, 0.3) is 11.1 Å². The third kappa shape index (κ3) is 3.56. The van der Waals surface area contributed by atoms with Crippen LogP contribution in [0.2, 0.25) is 0 Å². The van der Waals surface area contributed by atoms with E-state index in [0.29, 0.717) is 0 Å². The Labute approximate surface area is 118 Å². The van der Waals surface area contributed by atoms with Gasteiger partial charge in [0.2, 0.25) is 0 Å². The zero-order valence-electron chi connectivity index (χ0n) is 11.3. The molecule has 0 aromatic heterocycles. The van der Waals surface area contributed by atoms with Crippen molar-refractivity contribution in [2.24, 2.45) is 0 Å². The molecule has 0 saturated carbocycles.